The third-order valence-corrected chi connectivity index (χ3v) is 4.32. The Balaban J connectivity index is 2.00. The predicted octanol–water partition coefficient (Wildman–Crippen LogP) is 3.24. The van der Waals surface area contributed by atoms with Gasteiger partial charge < -0.3 is 10.6 Å². The van der Waals surface area contributed by atoms with Crippen molar-refractivity contribution < 1.29 is 0 Å². The van der Waals surface area contributed by atoms with Crippen LogP contribution in [0.3, 0.4) is 0 Å². The Morgan fingerprint density at radius 1 is 1.21 bits per heavy atom. The van der Waals surface area contributed by atoms with Gasteiger partial charge in [0.05, 0.1) is 0 Å². The largest absolute Gasteiger partial charge is 0.374 e. The normalized spacial score (nSPS) is 10.7. The third-order valence-electron chi connectivity index (χ3n) is 3.38. The first-order chi connectivity index (χ1) is 9.20. The van der Waals surface area contributed by atoms with Crippen molar-refractivity contribution in [3.8, 4) is 0 Å². The highest BCUT2D eigenvalue weighted by Crippen LogP contribution is 2.21. The van der Waals surface area contributed by atoms with Crippen LogP contribution in [0.2, 0.25) is 0 Å². The molecular weight excluding hydrogens is 252 g/mol. The van der Waals surface area contributed by atoms with Crippen LogP contribution in [0.4, 0.5) is 5.69 Å². The molecule has 102 valence electrons. The molecule has 19 heavy (non-hydrogen) atoms. The predicted molar refractivity (Wildman–Crippen MR) is 85.2 cm³/mol. The van der Waals surface area contributed by atoms with Gasteiger partial charge in [0, 0.05) is 24.2 Å². The molecule has 2 rings (SSSR count). The van der Waals surface area contributed by atoms with E-state index in [1.807, 2.05) is 11.3 Å². The summed E-state index contributed by atoms with van der Waals surface area (Å²) in [5.41, 5.74) is 9.58. The molecule has 0 fully saturated rings. The minimum absolute atomic E-state index is 0.715. The fourth-order valence-corrected chi connectivity index (χ4v) is 3.02. The van der Waals surface area contributed by atoms with E-state index in [2.05, 4.69) is 54.6 Å². The van der Waals surface area contributed by atoms with Gasteiger partial charge in [-0.1, -0.05) is 18.2 Å². The Labute approximate surface area is 119 Å². The molecule has 2 nitrogen and oxygen atoms in total. The quantitative estimate of drug-likeness (QED) is 0.876. The molecule has 2 N–H and O–H groups in total. The molecular formula is C16H22N2S. The fourth-order valence-electron chi connectivity index (χ4n) is 2.32. The minimum Gasteiger partial charge on any atom is -0.374 e. The first-order valence-electron chi connectivity index (χ1n) is 6.74. The van der Waals surface area contributed by atoms with Crippen LogP contribution in [0.1, 0.15) is 16.0 Å². The van der Waals surface area contributed by atoms with E-state index >= 15 is 0 Å². The van der Waals surface area contributed by atoms with E-state index in [4.69, 9.17) is 5.73 Å². The Bertz CT molecular complexity index is 505. The second-order valence-corrected chi connectivity index (χ2v) is 5.94. The number of nitrogens with two attached hydrogens (primary N) is 1. The molecule has 0 unspecified atom stereocenters. The van der Waals surface area contributed by atoms with Gasteiger partial charge in [0.1, 0.15) is 0 Å². The molecule has 1 aromatic carbocycles. The molecule has 1 heterocycles. The Morgan fingerprint density at radius 2 is 2.05 bits per heavy atom. The summed E-state index contributed by atoms with van der Waals surface area (Å²) in [6.07, 6.45) is 2.07. The highest BCUT2D eigenvalue weighted by Gasteiger charge is 2.06. The number of likely N-dealkylation sites (N-methyl/N-ethyl adjacent to an activating group) is 1. The van der Waals surface area contributed by atoms with Crippen LogP contribution >= 0.6 is 11.3 Å². The van der Waals surface area contributed by atoms with Crippen LogP contribution in [-0.4, -0.2) is 20.1 Å². The van der Waals surface area contributed by atoms with Gasteiger partial charge in [-0.15, -0.1) is 11.3 Å². The molecule has 0 radical (unpaired) electrons. The first-order valence-corrected chi connectivity index (χ1v) is 7.62. The zero-order valence-electron chi connectivity index (χ0n) is 11.7. The minimum atomic E-state index is 0.715. The maximum absolute atomic E-state index is 5.60. The van der Waals surface area contributed by atoms with Crippen molar-refractivity contribution in [3.63, 3.8) is 0 Å². The number of aryl methyl sites for hydroxylation is 1. The number of hydrogen-bond donors (Lipinski definition) is 1. The van der Waals surface area contributed by atoms with Crippen LogP contribution < -0.4 is 10.6 Å². The van der Waals surface area contributed by atoms with Crippen LogP contribution in [0.5, 0.6) is 0 Å². The van der Waals surface area contributed by atoms with E-state index < -0.39 is 0 Å². The van der Waals surface area contributed by atoms with Gasteiger partial charge in [-0.05, 0) is 54.9 Å². The van der Waals surface area contributed by atoms with E-state index in [0.29, 0.717) is 6.54 Å². The number of anilines is 1. The summed E-state index contributed by atoms with van der Waals surface area (Å²) in [7, 11) is 2.17. The van der Waals surface area contributed by atoms with E-state index in [1.165, 1.54) is 21.7 Å². The molecule has 0 saturated carbocycles. The van der Waals surface area contributed by atoms with Crippen LogP contribution in [0, 0.1) is 6.92 Å². The number of hydrogen-bond acceptors (Lipinski definition) is 3. The van der Waals surface area contributed by atoms with Gasteiger partial charge >= 0.3 is 0 Å². The summed E-state index contributed by atoms with van der Waals surface area (Å²) in [6, 6.07) is 11.0. The van der Waals surface area contributed by atoms with Crippen molar-refractivity contribution in [1.29, 1.82) is 0 Å². The van der Waals surface area contributed by atoms with Crippen molar-refractivity contribution in [3.05, 3.63) is 51.7 Å². The molecule has 0 aliphatic heterocycles. The van der Waals surface area contributed by atoms with Gasteiger partial charge in [-0.2, -0.15) is 0 Å². The summed E-state index contributed by atoms with van der Waals surface area (Å²) in [5.74, 6) is 0. The molecule has 0 aliphatic rings. The maximum atomic E-state index is 5.60. The SMILES string of the molecule is Cc1cc(CCN)ccc1N(C)CCc1cccs1. The lowest BCUT2D eigenvalue weighted by Crippen LogP contribution is -2.21. The lowest BCUT2D eigenvalue weighted by Gasteiger charge is -2.21. The monoisotopic (exact) mass is 274 g/mol. The lowest BCUT2D eigenvalue weighted by molar-refractivity contribution is 0.881. The summed E-state index contributed by atoms with van der Waals surface area (Å²) in [6.45, 7) is 3.95. The van der Waals surface area contributed by atoms with Crippen molar-refractivity contribution in [1.82, 2.24) is 0 Å². The van der Waals surface area contributed by atoms with E-state index in [-0.39, 0.29) is 0 Å². The lowest BCUT2D eigenvalue weighted by atomic mass is 10.1. The second kappa shape index (κ2) is 6.73. The van der Waals surface area contributed by atoms with Gasteiger partial charge in [-0.3, -0.25) is 0 Å². The van der Waals surface area contributed by atoms with Crippen molar-refractivity contribution in [2.75, 3.05) is 25.0 Å². The number of benzene rings is 1. The number of thiophene rings is 1. The van der Waals surface area contributed by atoms with Crippen LogP contribution in [-0.2, 0) is 12.8 Å². The van der Waals surface area contributed by atoms with Gasteiger partial charge in [-0.25, -0.2) is 0 Å². The Kier molecular flexibility index (Phi) is 5.00. The summed E-state index contributed by atoms with van der Waals surface area (Å²) in [4.78, 5) is 3.78. The molecule has 2 aromatic rings. The number of rotatable bonds is 6. The molecule has 0 spiro atoms. The molecule has 1 aromatic heterocycles. The zero-order chi connectivity index (χ0) is 13.7. The molecule has 0 amide bonds. The highest BCUT2D eigenvalue weighted by atomic mass is 32.1. The maximum Gasteiger partial charge on any atom is 0.0393 e. The van der Waals surface area contributed by atoms with E-state index in [9.17, 15) is 0 Å². The zero-order valence-corrected chi connectivity index (χ0v) is 12.5. The van der Waals surface area contributed by atoms with Crippen LogP contribution in [0.15, 0.2) is 35.7 Å². The third kappa shape index (κ3) is 3.82. The van der Waals surface area contributed by atoms with Gasteiger partial charge in [0.25, 0.3) is 0 Å². The van der Waals surface area contributed by atoms with E-state index in [1.54, 1.807) is 0 Å². The van der Waals surface area contributed by atoms with Crippen LogP contribution in [0.25, 0.3) is 0 Å². The first kappa shape index (κ1) is 14.1. The van der Waals surface area contributed by atoms with Gasteiger partial charge in [0.15, 0.2) is 0 Å². The highest BCUT2D eigenvalue weighted by molar-refractivity contribution is 7.09. The summed E-state index contributed by atoms with van der Waals surface area (Å²) >= 11 is 1.83. The Morgan fingerprint density at radius 3 is 2.68 bits per heavy atom. The Hall–Kier alpha value is -1.32. The standard InChI is InChI=1S/C16H22N2S/c1-13-12-14(7-9-17)5-6-16(13)18(2)10-8-15-4-3-11-19-15/h3-6,11-12H,7-10,17H2,1-2H3. The molecule has 0 bridgehead atoms. The fraction of sp³-hybridized carbons (Fsp3) is 0.375. The molecule has 3 heteroatoms. The molecule has 0 saturated heterocycles. The molecule has 0 atom stereocenters. The number of nitrogens with zero attached hydrogens (tertiary/aromatic N) is 1. The average Bonchev–Trinajstić information content (AvgIpc) is 2.89. The van der Waals surface area contributed by atoms with Crippen molar-refractivity contribution >= 4 is 17.0 Å². The summed E-state index contributed by atoms with van der Waals surface area (Å²) in [5, 5.41) is 2.14. The molecule has 0 aliphatic carbocycles. The van der Waals surface area contributed by atoms with Crippen molar-refractivity contribution in [2.24, 2.45) is 5.73 Å². The van der Waals surface area contributed by atoms with E-state index in [0.717, 1.165) is 19.4 Å². The summed E-state index contributed by atoms with van der Waals surface area (Å²) < 4.78 is 0. The average molecular weight is 274 g/mol. The van der Waals surface area contributed by atoms with Crippen molar-refractivity contribution in [2.45, 2.75) is 19.8 Å². The smallest absolute Gasteiger partial charge is 0.0393 e. The van der Waals surface area contributed by atoms with Gasteiger partial charge in [0.2, 0.25) is 0 Å². The topological polar surface area (TPSA) is 29.3 Å². The second-order valence-electron chi connectivity index (χ2n) is 4.91.